The molecule has 0 aromatic heterocycles. The van der Waals surface area contributed by atoms with Crippen LogP contribution in [0.3, 0.4) is 0 Å². The van der Waals surface area contributed by atoms with Crippen LogP contribution in [-0.4, -0.2) is 5.11 Å². The van der Waals surface area contributed by atoms with Gasteiger partial charge in [-0.25, -0.2) is 4.39 Å². The molecule has 0 spiro atoms. The third-order valence-electron chi connectivity index (χ3n) is 1.44. The van der Waals surface area contributed by atoms with Crippen LogP contribution in [0.1, 0.15) is 11.7 Å². The number of benzene rings is 1. The lowest BCUT2D eigenvalue weighted by Crippen LogP contribution is -1.85. The lowest BCUT2D eigenvalue weighted by Gasteiger charge is -2.01. The highest BCUT2D eigenvalue weighted by Crippen LogP contribution is 2.20. The molecule has 0 aliphatic heterocycles. The molecular formula is C9H8ClFO. The summed E-state index contributed by atoms with van der Waals surface area (Å²) in [5.41, 5.74) is 0.477. The summed E-state index contributed by atoms with van der Waals surface area (Å²) in [6.07, 6.45) is 0.481. The van der Waals surface area contributed by atoms with E-state index < -0.39 is 6.17 Å². The maximum Gasteiger partial charge on any atom is 0.147 e. The summed E-state index contributed by atoms with van der Waals surface area (Å²) in [4.78, 5) is 0. The van der Waals surface area contributed by atoms with Gasteiger partial charge in [-0.3, -0.25) is 0 Å². The van der Waals surface area contributed by atoms with Crippen molar-refractivity contribution in [1.82, 2.24) is 0 Å². The minimum atomic E-state index is -1.27. The van der Waals surface area contributed by atoms with E-state index in [1.54, 1.807) is 24.3 Å². The maximum atomic E-state index is 13.0. The second-order valence-electron chi connectivity index (χ2n) is 2.29. The third kappa shape index (κ3) is 2.24. The SMILES string of the molecule is O/C=C\C(F)c1ccc(Cl)cc1. The Balaban J connectivity index is 2.82. The molecule has 0 saturated heterocycles. The summed E-state index contributed by atoms with van der Waals surface area (Å²) in [6, 6.07) is 6.36. The molecule has 0 aliphatic rings. The number of aliphatic hydroxyl groups is 1. The zero-order valence-electron chi connectivity index (χ0n) is 6.24. The molecule has 1 unspecified atom stereocenters. The van der Waals surface area contributed by atoms with E-state index in [2.05, 4.69) is 0 Å². The van der Waals surface area contributed by atoms with Crippen LogP contribution in [0.2, 0.25) is 5.02 Å². The molecule has 0 saturated carbocycles. The van der Waals surface area contributed by atoms with Crippen LogP contribution in [0.15, 0.2) is 36.6 Å². The van der Waals surface area contributed by atoms with Gasteiger partial charge >= 0.3 is 0 Å². The quantitative estimate of drug-likeness (QED) is 0.702. The third-order valence-corrected chi connectivity index (χ3v) is 1.70. The van der Waals surface area contributed by atoms with Crippen LogP contribution in [0.4, 0.5) is 4.39 Å². The van der Waals surface area contributed by atoms with E-state index in [4.69, 9.17) is 16.7 Å². The van der Waals surface area contributed by atoms with Gasteiger partial charge in [0.2, 0.25) is 0 Å². The van der Waals surface area contributed by atoms with Crippen molar-refractivity contribution in [1.29, 1.82) is 0 Å². The first-order chi connectivity index (χ1) is 5.74. The second-order valence-corrected chi connectivity index (χ2v) is 2.73. The van der Waals surface area contributed by atoms with Gasteiger partial charge in [-0.2, -0.15) is 0 Å². The van der Waals surface area contributed by atoms with Crippen LogP contribution in [-0.2, 0) is 0 Å². The van der Waals surface area contributed by atoms with Crippen molar-refractivity contribution in [3.63, 3.8) is 0 Å². The predicted molar refractivity (Wildman–Crippen MR) is 47.1 cm³/mol. The van der Waals surface area contributed by atoms with Gasteiger partial charge in [0, 0.05) is 5.02 Å². The molecule has 1 aromatic rings. The summed E-state index contributed by atoms with van der Waals surface area (Å²) in [5.74, 6) is 0. The largest absolute Gasteiger partial charge is 0.516 e. The van der Waals surface area contributed by atoms with E-state index in [1.165, 1.54) is 0 Å². The Morgan fingerprint density at radius 3 is 2.42 bits per heavy atom. The van der Waals surface area contributed by atoms with Gasteiger partial charge in [0.15, 0.2) is 0 Å². The molecule has 0 bridgehead atoms. The monoisotopic (exact) mass is 186 g/mol. The Morgan fingerprint density at radius 2 is 1.92 bits per heavy atom. The normalized spacial score (nSPS) is 13.5. The molecule has 1 rings (SSSR count). The fourth-order valence-electron chi connectivity index (χ4n) is 0.833. The molecule has 0 heterocycles. The van der Waals surface area contributed by atoms with E-state index in [0.29, 0.717) is 16.8 Å². The number of alkyl halides is 1. The zero-order valence-corrected chi connectivity index (χ0v) is 7.00. The standard InChI is InChI=1S/C9H8ClFO/c10-8-3-1-7(2-4-8)9(11)5-6-12/h1-6,9,12H/b6-5-. The number of halogens is 2. The molecule has 12 heavy (non-hydrogen) atoms. The highest BCUT2D eigenvalue weighted by molar-refractivity contribution is 6.30. The van der Waals surface area contributed by atoms with Crippen LogP contribution in [0.25, 0.3) is 0 Å². The zero-order chi connectivity index (χ0) is 8.97. The molecule has 1 N–H and O–H groups in total. The van der Waals surface area contributed by atoms with E-state index >= 15 is 0 Å². The van der Waals surface area contributed by atoms with Crippen molar-refractivity contribution in [2.75, 3.05) is 0 Å². The number of rotatable bonds is 2. The number of aliphatic hydroxyl groups excluding tert-OH is 1. The summed E-state index contributed by atoms with van der Waals surface area (Å²) < 4.78 is 13.0. The van der Waals surface area contributed by atoms with Gasteiger partial charge in [-0.05, 0) is 23.8 Å². The van der Waals surface area contributed by atoms with Crippen molar-refractivity contribution < 1.29 is 9.50 Å². The number of allylic oxidation sites excluding steroid dienone is 1. The van der Waals surface area contributed by atoms with Crippen LogP contribution < -0.4 is 0 Å². The molecule has 0 aliphatic carbocycles. The van der Waals surface area contributed by atoms with Crippen molar-refractivity contribution in [3.8, 4) is 0 Å². The molecule has 0 amide bonds. The topological polar surface area (TPSA) is 20.2 Å². The van der Waals surface area contributed by atoms with Crippen LogP contribution in [0, 0.1) is 0 Å². The Bertz CT molecular complexity index is 268. The summed E-state index contributed by atoms with van der Waals surface area (Å²) >= 11 is 5.60. The molecule has 64 valence electrons. The van der Waals surface area contributed by atoms with Gasteiger partial charge in [-0.1, -0.05) is 23.7 Å². The Hall–Kier alpha value is -1.02. The Labute approximate surface area is 75.1 Å². The van der Waals surface area contributed by atoms with E-state index in [9.17, 15) is 4.39 Å². The van der Waals surface area contributed by atoms with E-state index in [-0.39, 0.29) is 0 Å². The summed E-state index contributed by atoms with van der Waals surface area (Å²) in [7, 11) is 0. The molecule has 1 nitrogen and oxygen atoms in total. The summed E-state index contributed by atoms with van der Waals surface area (Å²) in [5, 5.41) is 8.87. The molecule has 1 aromatic carbocycles. The number of hydrogen-bond donors (Lipinski definition) is 1. The smallest absolute Gasteiger partial charge is 0.147 e. The first kappa shape index (κ1) is 9.07. The average molecular weight is 187 g/mol. The van der Waals surface area contributed by atoms with Gasteiger partial charge in [-0.15, -0.1) is 0 Å². The molecule has 0 fully saturated rings. The Morgan fingerprint density at radius 1 is 1.33 bits per heavy atom. The van der Waals surface area contributed by atoms with Crippen molar-refractivity contribution in [2.24, 2.45) is 0 Å². The van der Waals surface area contributed by atoms with Gasteiger partial charge in [0.05, 0.1) is 6.26 Å². The van der Waals surface area contributed by atoms with Gasteiger partial charge in [0.25, 0.3) is 0 Å². The van der Waals surface area contributed by atoms with Crippen molar-refractivity contribution in [2.45, 2.75) is 6.17 Å². The predicted octanol–water partition coefficient (Wildman–Crippen LogP) is 3.42. The summed E-state index contributed by atoms with van der Waals surface area (Å²) in [6.45, 7) is 0. The Kier molecular flexibility index (Phi) is 3.11. The first-order valence-corrected chi connectivity index (χ1v) is 3.82. The average Bonchev–Trinajstić information content (AvgIpc) is 2.06. The molecule has 3 heteroatoms. The number of hydrogen-bond acceptors (Lipinski definition) is 1. The van der Waals surface area contributed by atoms with E-state index in [1.807, 2.05) is 0 Å². The van der Waals surface area contributed by atoms with Crippen molar-refractivity contribution in [3.05, 3.63) is 47.2 Å². The highest BCUT2D eigenvalue weighted by Gasteiger charge is 2.03. The highest BCUT2D eigenvalue weighted by atomic mass is 35.5. The fourth-order valence-corrected chi connectivity index (χ4v) is 0.959. The minimum absolute atomic E-state index is 0.477. The lowest BCUT2D eigenvalue weighted by molar-refractivity contribution is 0.396. The van der Waals surface area contributed by atoms with Crippen molar-refractivity contribution >= 4 is 11.6 Å². The molecule has 1 atom stereocenters. The fraction of sp³-hybridized carbons (Fsp3) is 0.111. The molecule has 0 radical (unpaired) electrons. The van der Waals surface area contributed by atoms with E-state index in [0.717, 1.165) is 6.08 Å². The first-order valence-electron chi connectivity index (χ1n) is 3.44. The molecular weight excluding hydrogens is 179 g/mol. The maximum absolute atomic E-state index is 13.0. The van der Waals surface area contributed by atoms with Crippen LogP contribution >= 0.6 is 11.6 Å². The minimum Gasteiger partial charge on any atom is -0.516 e. The van der Waals surface area contributed by atoms with Gasteiger partial charge in [0.1, 0.15) is 6.17 Å². The second kappa shape index (κ2) is 4.12. The van der Waals surface area contributed by atoms with Gasteiger partial charge < -0.3 is 5.11 Å². The lowest BCUT2D eigenvalue weighted by atomic mass is 10.1. The van der Waals surface area contributed by atoms with Crippen LogP contribution in [0.5, 0.6) is 0 Å².